The predicted octanol–water partition coefficient (Wildman–Crippen LogP) is 3.63. The van der Waals surface area contributed by atoms with E-state index in [1.54, 1.807) is 0 Å². The molecule has 9 nitrogen and oxygen atoms in total. The van der Waals surface area contributed by atoms with Crippen LogP contribution in [-0.4, -0.2) is 152 Å². The normalized spacial score (nSPS) is 22.6. The quantitative estimate of drug-likeness (QED) is 0.277. The van der Waals surface area contributed by atoms with Gasteiger partial charge in [0.15, 0.2) is 0 Å². The lowest BCUT2D eigenvalue weighted by atomic mass is 9.30. The van der Waals surface area contributed by atoms with Crippen LogP contribution in [0.1, 0.15) is 83.1 Å². The summed E-state index contributed by atoms with van der Waals surface area (Å²) in [6.45, 7) is 37.1. The van der Waals surface area contributed by atoms with Crippen molar-refractivity contribution in [3.8, 4) is 0 Å². The third kappa shape index (κ3) is 6.61. The maximum Gasteiger partial charge on any atom is 0.361 e. The van der Waals surface area contributed by atoms with Gasteiger partial charge in [0.2, 0.25) is 0 Å². The summed E-state index contributed by atoms with van der Waals surface area (Å²) < 4.78 is 25.6. The molecule has 0 aromatic heterocycles. The van der Waals surface area contributed by atoms with Crippen molar-refractivity contribution in [2.75, 3.05) is 46.8 Å². The summed E-state index contributed by atoms with van der Waals surface area (Å²) in [7, 11) is 5.28. The Bertz CT molecular complexity index is 757. The Balaban J connectivity index is 2.32. The third-order valence-corrected chi connectivity index (χ3v) is 11.7. The highest BCUT2D eigenvalue weighted by Crippen LogP contribution is 2.35. The van der Waals surface area contributed by atoms with Gasteiger partial charge in [0.25, 0.3) is 48.9 Å². The van der Waals surface area contributed by atoms with Crippen LogP contribution in [0, 0.1) is 0 Å². The molecule has 0 radical (unpaired) electrons. The van der Waals surface area contributed by atoms with Gasteiger partial charge in [-0.2, -0.15) is 0 Å². The fraction of sp³-hybridized carbons (Fsp3) is 1.00. The van der Waals surface area contributed by atoms with Gasteiger partial charge in [0, 0.05) is 0 Å². The van der Waals surface area contributed by atoms with E-state index >= 15 is 0 Å². The van der Waals surface area contributed by atoms with E-state index in [1.165, 1.54) is 0 Å². The van der Waals surface area contributed by atoms with E-state index in [1.807, 2.05) is 0 Å². The van der Waals surface area contributed by atoms with Crippen molar-refractivity contribution in [2.45, 2.75) is 127 Å². The zero-order valence-corrected chi connectivity index (χ0v) is 31.7. The fourth-order valence-corrected chi connectivity index (χ4v) is 10.0. The van der Waals surface area contributed by atoms with E-state index < -0.39 is 0 Å². The number of nitrogens with zero attached hydrogens (tertiary/aromatic N) is 9. The van der Waals surface area contributed by atoms with Crippen LogP contribution in [0.25, 0.3) is 0 Å². The lowest BCUT2D eigenvalue weighted by Crippen LogP contribution is -2.92. The van der Waals surface area contributed by atoms with E-state index in [0.29, 0.717) is 48.9 Å². The second-order valence-electron chi connectivity index (χ2n) is 13.3. The highest BCUT2D eigenvalue weighted by Gasteiger charge is 2.63. The van der Waals surface area contributed by atoms with E-state index in [-0.39, 0.29) is 14.2 Å². The molecule has 0 aromatic rings. The van der Waals surface area contributed by atoms with Gasteiger partial charge >= 0.3 is 14.2 Å². The Hall–Kier alpha value is 0.224. The standard InChI is InChI=1S/C26H66B9N9/c1-15-27-36(13)28(16-2)40(24-10)34(39(27)23-9)43-31(19-5)38(22-8)32(20-6)44(33(43)21-7)35-41(25-11)29(17-3)37(14)30(18-4)42(35)26-12/h15-26H2,1-14H3. The molecule has 3 fully saturated rings. The van der Waals surface area contributed by atoms with Crippen LogP contribution in [0.5, 0.6) is 0 Å². The summed E-state index contributed by atoms with van der Waals surface area (Å²) in [6, 6.07) is 0. The van der Waals surface area contributed by atoms with E-state index in [4.69, 9.17) is 0 Å². The molecule has 0 aliphatic carbocycles. The minimum Gasteiger partial charge on any atom is -0.373 e. The van der Waals surface area contributed by atoms with Crippen molar-refractivity contribution in [3.05, 3.63) is 0 Å². The smallest absolute Gasteiger partial charge is 0.361 e. The van der Waals surface area contributed by atoms with Gasteiger partial charge in [0.05, 0.1) is 0 Å². The highest BCUT2D eigenvalue weighted by molar-refractivity contribution is 7.03. The summed E-state index contributed by atoms with van der Waals surface area (Å²) in [4.78, 5) is 0. The van der Waals surface area contributed by atoms with Crippen LogP contribution < -0.4 is 0 Å². The lowest BCUT2D eigenvalue weighted by Gasteiger charge is -2.65. The molecule has 44 heavy (non-hydrogen) atoms. The molecule has 0 N–H and O–H groups in total. The summed E-state index contributed by atoms with van der Waals surface area (Å²) in [5.74, 6) is 0. The molecule has 3 aliphatic heterocycles. The molecule has 0 aromatic carbocycles. The molecule has 0 saturated carbocycles. The maximum absolute atomic E-state index is 3.02. The highest BCUT2D eigenvalue weighted by atomic mass is 15.5. The van der Waals surface area contributed by atoms with Crippen LogP contribution in [0.15, 0.2) is 0 Å². The molecule has 3 heterocycles. The molecule has 0 atom stereocenters. The topological polar surface area (TPSA) is 29.2 Å². The largest absolute Gasteiger partial charge is 0.373 e. The molecule has 3 rings (SSSR count). The molecule has 0 amide bonds. The molecule has 0 spiro atoms. The van der Waals surface area contributed by atoms with Crippen LogP contribution in [-0.2, 0) is 0 Å². The Morgan fingerprint density at radius 1 is 0.295 bits per heavy atom. The Morgan fingerprint density at radius 2 is 0.523 bits per heavy atom. The average Bonchev–Trinajstić information content (AvgIpc) is 3.05. The second kappa shape index (κ2) is 17.6. The first-order valence-corrected chi connectivity index (χ1v) is 19.0. The molecule has 3 aliphatic rings. The molecular formula is C26H66B9N9. The number of hydrogen-bond acceptors (Lipinski definition) is 9. The SMILES string of the molecule is CCB1N(C)B(CC)N(CC)B(N2B(CC)N(CC)B(CC)N(B3N(CC)B(CC)N(C)B(CC)N3CC)B2CC)N1CC. The summed E-state index contributed by atoms with van der Waals surface area (Å²) in [6.07, 6.45) is 7.99. The molecule has 18 heteroatoms. The van der Waals surface area contributed by atoms with Crippen LogP contribution in [0.3, 0.4) is 0 Å². The minimum absolute atomic E-state index is 0.265. The maximum atomic E-state index is 3.02. The van der Waals surface area contributed by atoms with Gasteiger partial charge in [-0.1, -0.05) is 83.1 Å². The van der Waals surface area contributed by atoms with E-state index in [9.17, 15) is 0 Å². The fourth-order valence-electron chi connectivity index (χ4n) is 10.0. The zero-order chi connectivity index (χ0) is 32.9. The predicted molar refractivity (Wildman–Crippen MR) is 206 cm³/mol. The van der Waals surface area contributed by atoms with Crippen molar-refractivity contribution >= 4 is 63.1 Å². The van der Waals surface area contributed by atoms with Gasteiger partial charge < -0.3 is 42.3 Å². The molecule has 0 bridgehead atoms. The first-order chi connectivity index (χ1) is 21.2. The second-order valence-corrected chi connectivity index (χ2v) is 13.3. The van der Waals surface area contributed by atoms with Gasteiger partial charge in [0.1, 0.15) is 0 Å². The van der Waals surface area contributed by atoms with E-state index in [2.05, 4.69) is 139 Å². The number of rotatable bonds is 14. The van der Waals surface area contributed by atoms with Crippen molar-refractivity contribution < 1.29 is 0 Å². The van der Waals surface area contributed by atoms with Gasteiger partial charge in [-0.25, -0.2) is 0 Å². The monoisotopic (exact) mass is 604 g/mol. The van der Waals surface area contributed by atoms with Gasteiger partial charge in [-0.05, 0) is 91.1 Å². The lowest BCUT2D eigenvalue weighted by molar-refractivity contribution is 0.412. The van der Waals surface area contributed by atoms with Gasteiger partial charge in [-0.3, -0.25) is 0 Å². The summed E-state index contributed by atoms with van der Waals surface area (Å²) in [5.41, 5.74) is 0. The minimum atomic E-state index is 0.265. The number of hydrogen-bond donors (Lipinski definition) is 0. The summed E-state index contributed by atoms with van der Waals surface area (Å²) >= 11 is 0. The van der Waals surface area contributed by atoms with Crippen molar-refractivity contribution in [1.29, 1.82) is 0 Å². The van der Waals surface area contributed by atoms with Crippen LogP contribution in [0.4, 0.5) is 0 Å². The van der Waals surface area contributed by atoms with Gasteiger partial charge in [-0.15, -0.1) is 0 Å². The third-order valence-electron chi connectivity index (χ3n) is 11.7. The Labute approximate surface area is 279 Å². The molecular weight excluding hydrogens is 536 g/mol. The van der Waals surface area contributed by atoms with E-state index in [0.717, 1.165) is 77.0 Å². The Kier molecular flexibility index (Phi) is 15.4. The average molecular weight is 602 g/mol. The van der Waals surface area contributed by atoms with Crippen molar-refractivity contribution in [3.63, 3.8) is 0 Å². The van der Waals surface area contributed by atoms with Crippen molar-refractivity contribution in [2.24, 2.45) is 0 Å². The zero-order valence-electron chi connectivity index (χ0n) is 31.7. The first kappa shape index (κ1) is 38.7. The van der Waals surface area contributed by atoms with Crippen LogP contribution >= 0.6 is 0 Å². The summed E-state index contributed by atoms with van der Waals surface area (Å²) in [5, 5.41) is 0. The molecule has 3 saturated heterocycles. The van der Waals surface area contributed by atoms with Crippen molar-refractivity contribution in [1.82, 2.24) is 42.3 Å². The Morgan fingerprint density at radius 3 is 0.705 bits per heavy atom. The molecule has 242 valence electrons. The first-order valence-electron chi connectivity index (χ1n) is 19.0. The van der Waals surface area contributed by atoms with Crippen LogP contribution in [0.2, 0.25) is 44.2 Å². The molecule has 0 unspecified atom stereocenters.